The zero-order valence-corrected chi connectivity index (χ0v) is 15.1. The third-order valence-corrected chi connectivity index (χ3v) is 4.29. The summed E-state index contributed by atoms with van der Waals surface area (Å²) in [4.78, 5) is 1.78. The predicted molar refractivity (Wildman–Crippen MR) is 94.4 cm³/mol. The van der Waals surface area contributed by atoms with E-state index in [0.29, 0.717) is 34.5 Å². The molecule has 0 aliphatic carbocycles. The van der Waals surface area contributed by atoms with Crippen LogP contribution in [0.4, 0.5) is 8.78 Å². The number of hydrogen-bond donors (Lipinski definition) is 0. The standard InChI is InChI=1S/C17H15Cl2F2N3O/c1-3-23-8-10(18)4-15(24-9-11(19)7-22-24)17(23)16-13(20)5-12(25-2)6-14(16)21/h4-7,9H,3,8H2,1-2H3. The lowest BCUT2D eigenvalue weighted by Gasteiger charge is -2.31. The summed E-state index contributed by atoms with van der Waals surface area (Å²) < 4.78 is 35.8. The molecule has 0 radical (unpaired) electrons. The van der Waals surface area contributed by atoms with Crippen molar-refractivity contribution in [1.82, 2.24) is 14.7 Å². The highest BCUT2D eigenvalue weighted by atomic mass is 35.5. The Labute approximate surface area is 153 Å². The average Bonchev–Trinajstić information content (AvgIpc) is 3.01. The molecular weight excluding hydrogens is 371 g/mol. The van der Waals surface area contributed by atoms with Crippen molar-refractivity contribution in [1.29, 1.82) is 0 Å². The van der Waals surface area contributed by atoms with Gasteiger partial charge in [0.2, 0.25) is 0 Å². The SMILES string of the molecule is CCN1CC(Cl)=CC(n2cc(Cl)cn2)=C1c1c(F)cc(OC)cc1F. The Hall–Kier alpha value is -2.05. The van der Waals surface area contributed by atoms with Gasteiger partial charge >= 0.3 is 0 Å². The lowest BCUT2D eigenvalue weighted by atomic mass is 10.0. The monoisotopic (exact) mass is 385 g/mol. The normalized spacial score (nSPS) is 14.8. The van der Waals surface area contributed by atoms with Crippen molar-refractivity contribution in [3.05, 3.63) is 57.9 Å². The fourth-order valence-electron chi connectivity index (χ4n) is 2.74. The van der Waals surface area contributed by atoms with E-state index in [1.165, 1.54) is 18.0 Å². The summed E-state index contributed by atoms with van der Waals surface area (Å²) in [6.45, 7) is 2.72. The zero-order chi connectivity index (χ0) is 18.1. The Balaban J connectivity index is 2.30. The fourth-order valence-corrected chi connectivity index (χ4v) is 3.13. The summed E-state index contributed by atoms with van der Waals surface area (Å²) >= 11 is 12.2. The van der Waals surface area contributed by atoms with Crippen LogP contribution in [-0.2, 0) is 0 Å². The van der Waals surface area contributed by atoms with Crippen molar-refractivity contribution < 1.29 is 13.5 Å². The summed E-state index contributed by atoms with van der Waals surface area (Å²) in [7, 11) is 1.35. The molecule has 0 unspecified atom stereocenters. The first-order valence-electron chi connectivity index (χ1n) is 7.53. The average molecular weight is 386 g/mol. The predicted octanol–water partition coefficient (Wildman–Crippen LogP) is 4.61. The van der Waals surface area contributed by atoms with Crippen LogP contribution in [0.1, 0.15) is 12.5 Å². The first-order chi connectivity index (χ1) is 11.9. The van der Waals surface area contributed by atoms with Gasteiger partial charge in [-0.2, -0.15) is 5.10 Å². The van der Waals surface area contributed by atoms with Crippen LogP contribution in [0.5, 0.6) is 5.75 Å². The van der Waals surface area contributed by atoms with Gasteiger partial charge in [-0.25, -0.2) is 13.5 Å². The quantitative estimate of drug-likeness (QED) is 0.769. The minimum absolute atomic E-state index is 0.107. The van der Waals surface area contributed by atoms with Gasteiger partial charge in [0, 0.05) is 29.9 Å². The highest BCUT2D eigenvalue weighted by molar-refractivity contribution is 6.31. The fraction of sp³-hybridized carbons (Fsp3) is 0.235. The van der Waals surface area contributed by atoms with E-state index >= 15 is 0 Å². The van der Waals surface area contributed by atoms with Gasteiger partial charge in [-0.05, 0) is 13.0 Å². The van der Waals surface area contributed by atoms with Crippen LogP contribution in [0.3, 0.4) is 0 Å². The molecule has 1 aromatic heterocycles. The topological polar surface area (TPSA) is 30.3 Å². The maximum absolute atomic E-state index is 14.7. The molecule has 0 N–H and O–H groups in total. The molecule has 2 heterocycles. The molecule has 3 rings (SSSR count). The number of allylic oxidation sites excluding steroid dienone is 2. The summed E-state index contributed by atoms with van der Waals surface area (Å²) in [5, 5.41) is 5.07. The van der Waals surface area contributed by atoms with Gasteiger partial charge in [-0.3, -0.25) is 0 Å². The molecule has 1 aliphatic heterocycles. The summed E-state index contributed by atoms with van der Waals surface area (Å²) in [5.41, 5.74) is 0.627. The second-order valence-corrected chi connectivity index (χ2v) is 6.33. The Morgan fingerprint density at radius 2 is 1.92 bits per heavy atom. The van der Waals surface area contributed by atoms with Crippen LogP contribution in [-0.4, -0.2) is 34.9 Å². The van der Waals surface area contributed by atoms with Crippen molar-refractivity contribution >= 4 is 34.6 Å². The van der Waals surface area contributed by atoms with E-state index in [9.17, 15) is 8.78 Å². The molecule has 0 atom stereocenters. The molecule has 0 amide bonds. The minimum Gasteiger partial charge on any atom is -0.497 e. The highest BCUT2D eigenvalue weighted by Crippen LogP contribution is 2.36. The van der Waals surface area contributed by atoms with Gasteiger partial charge in [0.15, 0.2) is 0 Å². The molecule has 1 aromatic carbocycles. The molecule has 25 heavy (non-hydrogen) atoms. The van der Waals surface area contributed by atoms with Crippen LogP contribution in [0.2, 0.25) is 5.02 Å². The van der Waals surface area contributed by atoms with E-state index in [1.54, 1.807) is 17.2 Å². The Morgan fingerprint density at radius 3 is 2.44 bits per heavy atom. The maximum Gasteiger partial charge on any atom is 0.139 e. The molecule has 0 saturated heterocycles. The molecule has 0 fully saturated rings. The van der Waals surface area contributed by atoms with Crippen molar-refractivity contribution in [2.24, 2.45) is 0 Å². The smallest absolute Gasteiger partial charge is 0.139 e. The first-order valence-corrected chi connectivity index (χ1v) is 8.29. The number of ether oxygens (including phenoxy) is 1. The number of methoxy groups -OCH3 is 1. The van der Waals surface area contributed by atoms with Gasteiger partial charge in [-0.15, -0.1) is 0 Å². The molecule has 132 valence electrons. The molecule has 0 bridgehead atoms. The van der Waals surface area contributed by atoms with Gasteiger partial charge in [0.1, 0.15) is 17.4 Å². The van der Waals surface area contributed by atoms with Gasteiger partial charge in [-0.1, -0.05) is 23.2 Å². The summed E-state index contributed by atoms with van der Waals surface area (Å²) in [6.07, 6.45) is 4.63. The number of likely N-dealkylation sites (N-methyl/N-ethyl adjacent to an activating group) is 1. The van der Waals surface area contributed by atoms with E-state index in [4.69, 9.17) is 27.9 Å². The Bertz CT molecular complexity index is 854. The van der Waals surface area contributed by atoms with Crippen LogP contribution in [0, 0.1) is 11.6 Å². The number of rotatable bonds is 4. The van der Waals surface area contributed by atoms with Crippen molar-refractivity contribution in [3.8, 4) is 5.75 Å². The molecule has 0 saturated carbocycles. The molecule has 0 spiro atoms. The van der Waals surface area contributed by atoms with Crippen LogP contribution < -0.4 is 4.74 Å². The Kier molecular flexibility index (Phi) is 5.01. The van der Waals surface area contributed by atoms with E-state index in [2.05, 4.69) is 5.10 Å². The largest absolute Gasteiger partial charge is 0.497 e. The second kappa shape index (κ2) is 7.06. The highest BCUT2D eigenvalue weighted by Gasteiger charge is 2.27. The van der Waals surface area contributed by atoms with Crippen LogP contribution in [0.25, 0.3) is 11.4 Å². The number of benzene rings is 1. The number of aromatic nitrogens is 2. The van der Waals surface area contributed by atoms with Gasteiger partial charge in [0.25, 0.3) is 0 Å². The van der Waals surface area contributed by atoms with E-state index < -0.39 is 11.6 Å². The number of nitrogens with zero attached hydrogens (tertiary/aromatic N) is 3. The first kappa shape index (κ1) is 17.8. The van der Waals surface area contributed by atoms with Crippen molar-refractivity contribution in [2.75, 3.05) is 20.2 Å². The molecule has 4 nitrogen and oxygen atoms in total. The van der Waals surface area contributed by atoms with E-state index in [1.807, 2.05) is 6.92 Å². The molecular formula is C17H15Cl2F2N3O. The van der Waals surface area contributed by atoms with Gasteiger partial charge in [0.05, 0.1) is 41.8 Å². The van der Waals surface area contributed by atoms with E-state index in [0.717, 1.165) is 12.1 Å². The molecule has 1 aliphatic rings. The second-order valence-electron chi connectivity index (χ2n) is 5.41. The molecule has 2 aromatic rings. The zero-order valence-electron chi connectivity index (χ0n) is 13.6. The Morgan fingerprint density at radius 1 is 1.24 bits per heavy atom. The lowest BCUT2D eigenvalue weighted by Crippen LogP contribution is -2.29. The minimum atomic E-state index is -0.729. The van der Waals surface area contributed by atoms with Gasteiger partial charge < -0.3 is 9.64 Å². The third-order valence-electron chi connectivity index (χ3n) is 3.86. The molecule has 8 heteroatoms. The van der Waals surface area contributed by atoms with E-state index in [-0.39, 0.29) is 11.3 Å². The third kappa shape index (κ3) is 3.37. The van der Waals surface area contributed by atoms with Crippen LogP contribution in [0.15, 0.2) is 35.6 Å². The van der Waals surface area contributed by atoms with Crippen molar-refractivity contribution in [3.63, 3.8) is 0 Å². The summed E-state index contributed by atoms with van der Waals surface area (Å²) in [5.74, 6) is -1.35. The summed E-state index contributed by atoms with van der Waals surface area (Å²) in [6, 6.07) is 2.29. The number of hydrogen-bond acceptors (Lipinski definition) is 3. The van der Waals surface area contributed by atoms with Crippen molar-refractivity contribution in [2.45, 2.75) is 6.92 Å². The number of halogens is 4. The lowest BCUT2D eigenvalue weighted by molar-refractivity contribution is 0.404. The van der Waals surface area contributed by atoms with Crippen LogP contribution >= 0.6 is 23.2 Å². The maximum atomic E-state index is 14.7.